The van der Waals surface area contributed by atoms with Crippen molar-refractivity contribution in [3.63, 3.8) is 0 Å². The first-order valence-corrected chi connectivity index (χ1v) is 6.59. The summed E-state index contributed by atoms with van der Waals surface area (Å²) in [5.41, 5.74) is 0.899. The third-order valence-corrected chi connectivity index (χ3v) is 2.96. The molecular formula is C15H15ClN2O2. The van der Waals surface area contributed by atoms with Gasteiger partial charge in [0.1, 0.15) is 11.6 Å². The Morgan fingerprint density at radius 2 is 2.15 bits per heavy atom. The lowest BCUT2D eigenvalue weighted by Gasteiger charge is -2.15. The molecule has 1 amide bonds. The van der Waals surface area contributed by atoms with Gasteiger partial charge in [0.25, 0.3) is 5.91 Å². The van der Waals surface area contributed by atoms with E-state index in [4.69, 9.17) is 16.3 Å². The summed E-state index contributed by atoms with van der Waals surface area (Å²) in [5.74, 6) is 0.837. The van der Waals surface area contributed by atoms with E-state index >= 15 is 0 Å². The number of hydrogen-bond acceptors (Lipinski definition) is 3. The molecule has 1 aromatic heterocycles. The van der Waals surface area contributed by atoms with E-state index in [2.05, 4.69) is 10.3 Å². The number of pyridine rings is 1. The zero-order valence-corrected chi connectivity index (χ0v) is 12.0. The first-order chi connectivity index (χ1) is 9.56. The Labute approximate surface area is 122 Å². The number of ether oxygens (including phenoxy) is 1. The second kappa shape index (κ2) is 6.39. The second-order valence-electron chi connectivity index (χ2n) is 4.38. The van der Waals surface area contributed by atoms with Gasteiger partial charge in [0.15, 0.2) is 6.10 Å². The van der Waals surface area contributed by atoms with E-state index in [1.165, 1.54) is 0 Å². The van der Waals surface area contributed by atoms with Crippen molar-refractivity contribution < 1.29 is 9.53 Å². The molecular weight excluding hydrogens is 276 g/mol. The van der Waals surface area contributed by atoms with Crippen LogP contribution in [0.15, 0.2) is 42.6 Å². The number of nitrogens with zero attached hydrogens (tertiary/aromatic N) is 1. The molecule has 0 bridgehead atoms. The lowest BCUT2D eigenvalue weighted by Crippen LogP contribution is -2.30. The summed E-state index contributed by atoms with van der Waals surface area (Å²) in [6.07, 6.45) is 0.986. The van der Waals surface area contributed by atoms with Crippen molar-refractivity contribution in [1.82, 2.24) is 4.98 Å². The van der Waals surface area contributed by atoms with E-state index in [0.717, 1.165) is 5.56 Å². The maximum absolute atomic E-state index is 12.0. The van der Waals surface area contributed by atoms with Crippen LogP contribution in [0.25, 0.3) is 0 Å². The van der Waals surface area contributed by atoms with Gasteiger partial charge in [-0.3, -0.25) is 4.79 Å². The Bertz CT molecular complexity index is 616. The van der Waals surface area contributed by atoms with E-state index < -0.39 is 6.10 Å². The van der Waals surface area contributed by atoms with Crippen molar-refractivity contribution in [2.24, 2.45) is 0 Å². The van der Waals surface area contributed by atoms with Crippen molar-refractivity contribution in [2.75, 3.05) is 5.32 Å². The Morgan fingerprint density at radius 3 is 2.85 bits per heavy atom. The van der Waals surface area contributed by atoms with Crippen LogP contribution in [0.3, 0.4) is 0 Å². The fraction of sp³-hybridized carbons (Fsp3) is 0.200. The number of carbonyl (C=O) groups excluding carboxylic acids is 1. The minimum atomic E-state index is -0.644. The van der Waals surface area contributed by atoms with Gasteiger partial charge in [-0.2, -0.15) is 0 Å². The van der Waals surface area contributed by atoms with E-state index in [1.807, 2.05) is 19.1 Å². The van der Waals surface area contributed by atoms with Crippen molar-refractivity contribution in [3.05, 3.63) is 53.2 Å². The largest absolute Gasteiger partial charge is 0.481 e. The molecule has 1 atom stereocenters. The number of carbonyl (C=O) groups is 1. The smallest absolute Gasteiger partial charge is 0.266 e. The molecule has 0 spiro atoms. The topological polar surface area (TPSA) is 51.2 Å². The number of amides is 1. The summed E-state index contributed by atoms with van der Waals surface area (Å²) < 4.78 is 5.54. The van der Waals surface area contributed by atoms with Crippen LogP contribution in [-0.4, -0.2) is 17.0 Å². The summed E-state index contributed by atoms with van der Waals surface area (Å²) in [7, 11) is 0. The maximum Gasteiger partial charge on any atom is 0.266 e. The van der Waals surface area contributed by atoms with Crippen LogP contribution in [0.1, 0.15) is 12.5 Å². The number of benzene rings is 1. The number of nitrogens with one attached hydrogen (secondary N) is 1. The molecule has 0 fully saturated rings. The number of aryl methyl sites for hydroxylation is 1. The minimum absolute atomic E-state index is 0.258. The summed E-state index contributed by atoms with van der Waals surface area (Å²) in [6, 6.07) is 10.6. The molecule has 20 heavy (non-hydrogen) atoms. The molecule has 0 saturated carbocycles. The molecule has 2 aromatic rings. The highest BCUT2D eigenvalue weighted by Crippen LogP contribution is 2.19. The first kappa shape index (κ1) is 14.3. The molecule has 5 heteroatoms. The van der Waals surface area contributed by atoms with Gasteiger partial charge >= 0.3 is 0 Å². The van der Waals surface area contributed by atoms with E-state index in [9.17, 15) is 4.79 Å². The second-order valence-corrected chi connectivity index (χ2v) is 4.81. The third-order valence-electron chi connectivity index (χ3n) is 2.73. The highest BCUT2D eigenvalue weighted by atomic mass is 35.5. The van der Waals surface area contributed by atoms with Crippen molar-refractivity contribution in [1.29, 1.82) is 0 Å². The number of anilines is 1. The van der Waals surface area contributed by atoms with Gasteiger partial charge in [0.2, 0.25) is 0 Å². The van der Waals surface area contributed by atoms with Gasteiger partial charge in [0.05, 0.1) is 0 Å². The van der Waals surface area contributed by atoms with Crippen molar-refractivity contribution in [2.45, 2.75) is 20.0 Å². The molecule has 2 rings (SSSR count). The van der Waals surface area contributed by atoms with Gasteiger partial charge in [-0.25, -0.2) is 4.98 Å². The lowest BCUT2D eigenvalue weighted by atomic mass is 10.2. The Balaban J connectivity index is 2.01. The summed E-state index contributed by atoms with van der Waals surface area (Å²) in [5, 5.41) is 3.30. The molecule has 104 valence electrons. The van der Waals surface area contributed by atoms with Gasteiger partial charge in [-0.1, -0.05) is 23.7 Å². The monoisotopic (exact) mass is 290 g/mol. The lowest BCUT2D eigenvalue weighted by molar-refractivity contribution is -0.122. The average molecular weight is 291 g/mol. The van der Waals surface area contributed by atoms with Crippen LogP contribution in [-0.2, 0) is 4.79 Å². The number of halogens is 1. The van der Waals surface area contributed by atoms with Gasteiger partial charge in [0, 0.05) is 11.2 Å². The Hall–Kier alpha value is -2.07. The normalized spacial score (nSPS) is 11.8. The SMILES string of the molecule is Cc1cccnc1NC(=O)[C@@H](C)Oc1cccc(Cl)c1. The van der Waals surface area contributed by atoms with Crippen molar-refractivity contribution >= 4 is 23.3 Å². The van der Waals surface area contributed by atoms with Crippen LogP contribution in [0.2, 0.25) is 5.02 Å². The summed E-state index contributed by atoms with van der Waals surface area (Å²) in [4.78, 5) is 16.2. The molecule has 0 saturated heterocycles. The van der Waals surface area contributed by atoms with Crippen LogP contribution in [0.5, 0.6) is 5.75 Å². The van der Waals surface area contributed by atoms with Crippen LogP contribution in [0, 0.1) is 6.92 Å². The minimum Gasteiger partial charge on any atom is -0.481 e. The van der Waals surface area contributed by atoms with E-state index in [0.29, 0.717) is 16.6 Å². The Morgan fingerprint density at radius 1 is 1.35 bits per heavy atom. The molecule has 0 aliphatic heterocycles. The van der Waals surface area contributed by atoms with Crippen LogP contribution in [0.4, 0.5) is 5.82 Å². The molecule has 1 aromatic carbocycles. The number of aromatic nitrogens is 1. The molecule has 4 nitrogen and oxygen atoms in total. The number of hydrogen-bond donors (Lipinski definition) is 1. The zero-order valence-electron chi connectivity index (χ0n) is 11.3. The highest BCUT2D eigenvalue weighted by molar-refractivity contribution is 6.30. The van der Waals surface area contributed by atoms with Gasteiger partial charge in [-0.05, 0) is 43.7 Å². The van der Waals surface area contributed by atoms with Gasteiger partial charge in [-0.15, -0.1) is 0 Å². The van der Waals surface area contributed by atoms with Crippen LogP contribution < -0.4 is 10.1 Å². The fourth-order valence-corrected chi connectivity index (χ4v) is 1.81. The quantitative estimate of drug-likeness (QED) is 0.938. The maximum atomic E-state index is 12.0. The van der Waals surface area contributed by atoms with Gasteiger partial charge < -0.3 is 10.1 Å². The van der Waals surface area contributed by atoms with E-state index in [-0.39, 0.29) is 5.91 Å². The van der Waals surface area contributed by atoms with Crippen LogP contribution >= 0.6 is 11.6 Å². The zero-order chi connectivity index (χ0) is 14.5. The molecule has 0 aliphatic rings. The fourth-order valence-electron chi connectivity index (χ4n) is 1.63. The Kier molecular flexibility index (Phi) is 4.58. The molecule has 1 N–H and O–H groups in total. The van der Waals surface area contributed by atoms with Crippen molar-refractivity contribution in [3.8, 4) is 5.75 Å². The molecule has 0 aliphatic carbocycles. The third kappa shape index (κ3) is 3.71. The summed E-state index contributed by atoms with van der Waals surface area (Å²) in [6.45, 7) is 3.56. The highest BCUT2D eigenvalue weighted by Gasteiger charge is 2.16. The molecule has 0 unspecified atom stereocenters. The summed E-state index contributed by atoms with van der Waals surface area (Å²) >= 11 is 5.87. The molecule has 0 radical (unpaired) electrons. The van der Waals surface area contributed by atoms with E-state index in [1.54, 1.807) is 37.4 Å². The predicted molar refractivity (Wildman–Crippen MR) is 79.1 cm³/mol. The average Bonchev–Trinajstić information content (AvgIpc) is 2.41. The first-order valence-electron chi connectivity index (χ1n) is 6.21. The number of rotatable bonds is 4. The predicted octanol–water partition coefficient (Wildman–Crippen LogP) is 3.45. The standard InChI is InChI=1S/C15H15ClN2O2/c1-10-5-4-8-17-14(10)18-15(19)11(2)20-13-7-3-6-12(16)9-13/h3-9,11H,1-2H3,(H,17,18,19)/t11-/m1/s1. The molecule has 1 heterocycles.